The van der Waals surface area contributed by atoms with Crippen molar-refractivity contribution in [1.29, 1.82) is 0 Å². The minimum atomic E-state index is -0.554. The lowest BCUT2D eigenvalue weighted by Crippen LogP contribution is -2.44. The van der Waals surface area contributed by atoms with Crippen LogP contribution in [-0.4, -0.2) is 28.4 Å². The molecule has 0 aliphatic carbocycles. The normalized spacial score (nSPS) is 18.7. The van der Waals surface area contributed by atoms with Crippen LogP contribution in [0.1, 0.15) is 26.2 Å². The fourth-order valence-electron chi connectivity index (χ4n) is 2.35. The number of nitrogens with one attached hydrogen (secondary N) is 1. The van der Waals surface area contributed by atoms with Gasteiger partial charge in [-0.05, 0) is 38.3 Å². The number of anilines is 1. The number of hydrogen-bond acceptors (Lipinski definition) is 3. The lowest BCUT2D eigenvalue weighted by molar-refractivity contribution is -0.383. The molecule has 6 nitrogen and oxygen atoms in total. The van der Waals surface area contributed by atoms with Crippen molar-refractivity contribution in [3.8, 4) is 0 Å². The minimum Gasteiger partial charge on any atom is -0.322 e. The number of piperidine rings is 1. The highest BCUT2D eigenvalue weighted by Crippen LogP contribution is 2.28. The van der Waals surface area contributed by atoms with Crippen LogP contribution in [0.5, 0.6) is 0 Å². The van der Waals surface area contributed by atoms with Crippen LogP contribution in [0.2, 0.25) is 5.02 Å². The Morgan fingerprint density at radius 2 is 2.25 bits per heavy atom. The number of carbonyl (C=O) groups excluding carboxylic acids is 1. The van der Waals surface area contributed by atoms with Gasteiger partial charge in [0.25, 0.3) is 5.69 Å². The second-order valence-corrected chi connectivity index (χ2v) is 5.32. The summed E-state index contributed by atoms with van der Waals surface area (Å²) >= 11 is 5.74. The van der Waals surface area contributed by atoms with Gasteiger partial charge in [-0.2, -0.15) is 0 Å². The molecule has 0 saturated carbocycles. The topological polar surface area (TPSA) is 75.5 Å². The molecular formula is C13H16ClN3O3. The van der Waals surface area contributed by atoms with Gasteiger partial charge in [0.15, 0.2) is 0 Å². The molecule has 1 saturated heterocycles. The smallest absolute Gasteiger partial charge is 0.322 e. The number of urea groups is 1. The second kappa shape index (κ2) is 6.09. The predicted molar refractivity (Wildman–Crippen MR) is 77.1 cm³/mol. The molecule has 1 fully saturated rings. The number of likely N-dealkylation sites (tertiary alicyclic amines) is 1. The van der Waals surface area contributed by atoms with Gasteiger partial charge in [-0.15, -0.1) is 0 Å². The summed E-state index contributed by atoms with van der Waals surface area (Å²) in [5, 5.41) is 13.8. The molecule has 1 aromatic carbocycles. The van der Waals surface area contributed by atoms with E-state index in [9.17, 15) is 14.9 Å². The largest absolute Gasteiger partial charge is 0.322 e. The fraction of sp³-hybridized carbons (Fsp3) is 0.462. The maximum absolute atomic E-state index is 12.2. The van der Waals surface area contributed by atoms with Crippen molar-refractivity contribution < 1.29 is 9.72 Å². The molecule has 0 aromatic heterocycles. The molecule has 7 heteroatoms. The van der Waals surface area contributed by atoms with Crippen LogP contribution in [0, 0.1) is 10.1 Å². The molecular weight excluding hydrogens is 282 g/mol. The predicted octanol–water partition coefficient (Wildman–Crippen LogP) is 3.65. The van der Waals surface area contributed by atoms with Gasteiger partial charge in [0.2, 0.25) is 0 Å². The summed E-state index contributed by atoms with van der Waals surface area (Å²) in [7, 11) is 0. The van der Waals surface area contributed by atoms with Crippen LogP contribution in [0.3, 0.4) is 0 Å². The van der Waals surface area contributed by atoms with E-state index in [0.29, 0.717) is 6.54 Å². The number of amides is 2. The van der Waals surface area contributed by atoms with Crippen LogP contribution in [0.25, 0.3) is 0 Å². The van der Waals surface area contributed by atoms with Crippen LogP contribution < -0.4 is 5.32 Å². The zero-order chi connectivity index (χ0) is 14.7. The number of nitro benzene ring substituents is 1. The van der Waals surface area contributed by atoms with Gasteiger partial charge in [-0.1, -0.05) is 11.6 Å². The molecule has 0 spiro atoms. The first kappa shape index (κ1) is 14.6. The molecule has 1 heterocycles. The average molecular weight is 298 g/mol. The molecule has 0 radical (unpaired) electrons. The van der Waals surface area contributed by atoms with Crippen molar-refractivity contribution in [2.75, 3.05) is 11.9 Å². The Bertz CT molecular complexity index is 536. The number of nitrogens with zero attached hydrogens (tertiary/aromatic N) is 2. The summed E-state index contributed by atoms with van der Waals surface area (Å²) < 4.78 is 0. The van der Waals surface area contributed by atoms with Crippen molar-refractivity contribution in [3.63, 3.8) is 0 Å². The number of halogens is 1. The first-order valence-corrected chi connectivity index (χ1v) is 6.88. The average Bonchev–Trinajstić information content (AvgIpc) is 2.41. The Hall–Kier alpha value is -1.82. The number of benzene rings is 1. The molecule has 0 bridgehead atoms. The van der Waals surface area contributed by atoms with Gasteiger partial charge in [0.1, 0.15) is 5.69 Å². The van der Waals surface area contributed by atoms with E-state index in [-0.39, 0.29) is 28.5 Å². The molecule has 1 aliphatic rings. The van der Waals surface area contributed by atoms with Gasteiger partial charge < -0.3 is 10.2 Å². The van der Waals surface area contributed by atoms with Gasteiger partial charge in [-0.3, -0.25) is 10.1 Å². The zero-order valence-electron chi connectivity index (χ0n) is 11.1. The van der Waals surface area contributed by atoms with E-state index in [1.165, 1.54) is 18.2 Å². The van der Waals surface area contributed by atoms with Gasteiger partial charge in [0, 0.05) is 23.7 Å². The lowest BCUT2D eigenvalue weighted by atomic mass is 10.0. The zero-order valence-corrected chi connectivity index (χ0v) is 11.9. The number of nitro groups is 1. The summed E-state index contributed by atoms with van der Waals surface area (Å²) in [5.41, 5.74) is -0.0299. The molecule has 1 atom stereocenters. The van der Waals surface area contributed by atoms with Crippen LogP contribution in [0.15, 0.2) is 18.2 Å². The Morgan fingerprint density at radius 3 is 2.90 bits per heavy atom. The Kier molecular flexibility index (Phi) is 4.44. The molecule has 1 aromatic rings. The third kappa shape index (κ3) is 3.19. The van der Waals surface area contributed by atoms with Gasteiger partial charge >= 0.3 is 6.03 Å². The third-order valence-electron chi connectivity index (χ3n) is 3.46. The first-order valence-electron chi connectivity index (χ1n) is 6.50. The quantitative estimate of drug-likeness (QED) is 0.668. The minimum absolute atomic E-state index is 0.148. The summed E-state index contributed by atoms with van der Waals surface area (Å²) in [4.78, 5) is 24.3. The van der Waals surface area contributed by atoms with Crippen molar-refractivity contribution in [2.45, 2.75) is 32.2 Å². The third-order valence-corrected chi connectivity index (χ3v) is 3.70. The van der Waals surface area contributed by atoms with Crippen molar-refractivity contribution in [2.24, 2.45) is 0 Å². The van der Waals surface area contributed by atoms with E-state index in [2.05, 4.69) is 5.32 Å². The number of rotatable bonds is 2. The Labute approximate surface area is 121 Å². The molecule has 2 amide bonds. The lowest BCUT2D eigenvalue weighted by Gasteiger charge is -2.33. The summed E-state index contributed by atoms with van der Waals surface area (Å²) in [6.07, 6.45) is 3.02. The first-order chi connectivity index (χ1) is 9.49. The molecule has 0 unspecified atom stereocenters. The van der Waals surface area contributed by atoms with Gasteiger partial charge in [0.05, 0.1) is 4.92 Å². The van der Waals surface area contributed by atoms with E-state index < -0.39 is 4.92 Å². The van der Waals surface area contributed by atoms with E-state index in [1.807, 2.05) is 6.92 Å². The number of carbonyl (C=O) groups is 1. The summed E-state index contributed by atoms with van der Waals surface area (Å²) in [5.74, 6) is 0. The highest BCUT2D eigenvalue weighted by atomic mass is 35.5. The molecule has 1 N–H and O–H groups in total. The monoisotopic (exact) mass is 297 g/mol. The van der Waals surface area contributed by atoms with E-state index >= 15 is 0 Å². The SMILES string of the molecule is C[C@@H]1CCCCN1C(=O)Nc1ccc(Cl)cc1[N+](=O)[O-]. The van der Waals surface area contributed by atoms with Crippen LogP contribution in [-0.2, 0) is 0 Å². The standard InChI is InChI=1S/C13H16ClN3O3/c1-9-4-2-3-7-16(9)13(18)15-11-6-5-10(14)8-12(11)17(19)20/h5-6,8-9H,2-4,7H2,1H3,(H,15,18)/t9-/m1/s1. The number of hydrogen-bond donors (Lipinski definition) is 1. The Balaban J connectivity index is 2.17. The maximum Gasteiger partial charge on any atom is 0.322 e. The highest BCUT2D eigenvalue weighted by Gasteiger charge is 2.25. The summed E-state index contributed by atoms with van der Waals surface area (Å²) in [6.45, 7) is 2.66. The molecule has 1 aliphatic heterocycles. The highest BCUT2D eigenvalue weighted by molar-refractivity contribution is 6.31. The van der Waals surface area contributed by atoms with Crippen molar-refractivity contribution in [1.82, 2.24) is 4.90 Å². The van der Waals surface area contributed by atoms with Gasteiger partial charge in [-0.25, -0.2) is 4.79 Å². The Morgan fingerprint density at radius 1 is 1.50 bits per heavy atom. The maximum atomic E-state index is 12.2. The van der Waals surface area contributed by atoms with E-state index in [1.54, 1.807) is 4.90 Å². The van der Waals surface area contributed by atoms with Crippen molar-refractivity contribution >= 4 is 29.0 Å². The van der Waals surface area contributed by atoms with Crippen LogP contribution in [0.4, 0.5) is 16.2 Å². The van der Waals surface area contributed by atoms with Crippen LogP contribution >= 0.6 is 11.6 Å². The summed E-state index contributed by atoms with van der Waals surface area (Å²) in [6, 6.07) is 4.05. The van der Waals surface area contributed by atoms with E-state index in [0.717, 1.165) is 19.3 Å². The fourth-order valence-corrected chi connectivity index (χ4v) is 2.51. The molecule has 20 heavy (non-hydrogen) atoms. The molecule has 2 rings (SSSR count). The van der Waals surface area contributed by atoms with Crippen molar-refractivity contribution in [3.05, 3.63) is 33.3 Å². The van der Waals surface area contributed by atoms with E-state index in [4.69, 9.17) is 11.6 Å². The second-order valence-electron chi connectivity index (χ2n) is 4.89. The molecule has 108 valence electrons.